The van der Waals surface area contributed by atoms with E-state index >= 15 is 0 Å². The van der Waals surface area contributed by atoms with Gasteiger partial charge in [-0.05, 0) is 24.8 Å². The average Bonchev–Trinajstić information content (AvgIpc) is 2.62. The molecule has 0 amide bonds. The minimum atomic E-state index is 0.205. The first-order chi connectivity index (χ1) is 6.24. The smallest absolute Gasteiger partial charge is 0.165 e. The van der Waals surface area contributed by atoms with E-state index in [2.05, 4.69) is 0 Å². The number of thiophene rings is 1. The molecule has 1 aromatic heterocycles. The maximum atomic E-state index is 11.6. The summed E-state index contributed by atoms with van der Waals surface area (Å²) in [5, 5.41) is 0.733. The third-order valence-electron chi connectivity index (χ3n) is 2.55. The van der Waals surface area contributed by atoms with E-state index < -0.39 is 0 Å². The Morgan fingerprint density at radius 2 is 2.31 bits per heavy atom. The number of fused-ring (bicyclic) bond motifs is 1. The fourth-order valence-corrected chi connectivity index (χ4v) is 3.09. The number of nitrogen functional groups attached to an aromatic ring is 1. The Kier molecular flexibility index (Phi) is 2.12. The van der Waals surface area contributed by atoms with E-state index in [0.717, 1.165) is 23.4 Å². The zero-order valence-corrected chi connectivity index (χ0v) is 8.54. The molecule has 0 spiro atoms. The predicted octanol–water partition coefficient (Wildman–Crippen LogP) is 2.41. The molecule has 1 aliphatic carbocycles. The summed E-state index contributed by atoms with van der Waals surface area (Å²) in [4.78, 5) is 12.9. The second kappa shape index (κ2) is 3.14. The van der Waals surface area contributed by atoms with Crippen LogP contribution in [0, 0.1) is 0 Å². The molecule has 1 heterocycles. The lowest BCUT2D eigenvalue weighted by atomic mass is 10.1. The van der Waals surface area contributed by atoms with Gasteiger partial charge in [0.2, 0.25) is 0 Å². The predicted molar refractivity (Wildman–Crippen MR) is 55.4 cm³/mol. The van der Waals surface area contributed by atoms with Gasteiger partial charge in [-0.1, -0.05) is 6.92 Å². The van der Waals surface area contributed by atoms with Gasteiger partial charge in [-0.25, -0.2) is 0 Å². The number of nitrogens with two attached hydrogens (primary N) is 1. The normalized spacial score (nSPS) is 14.5. The molecule has 2 N–H and O–H groups in total. The van der Waals surface area contributed by atoms with Crippen LogP contribution in [0.25, 0.3) is 0 Å². The number of hydrogen-bond donors (Lipinski definition) is 1. The molecule has 1 aliphatic rings. The minimum absolute atomic E-state index is 0.205. The molecule has 2 nitrogen and oxygen atoms in total. The lowest BCUT2D eigenvalue weighted by Crippen LogP contribution is -2.01. The lowest BCUT2D eigenvalue weighted by Gasteiger charge is -1.99. The monoisotopic (exact) mass is 195 g/mol. The van der Waals surface area contributed by atoms with Gasteiger partial charge in [0.05, 0.1) is 10.6 Å². The van der Waals surface area contributed by atoms with Gasteiger partial charge in [0.1, 0.15) is 0 Å². The van der Waals surface area contributed by atoms with E-state index in [1.165, 1.54) is 16.9 Å². The summed E-state index contributed by atoms with van der Waals surface area (Å²) in [5.74, 6) is 0.205. The standard InChI is InChI=1S/C10H13NOS/c1-2-7(12)9-6-4-3-5-8(6)13-10(9)11/h2-5,11H2,1H3. The third-order valence-corrected chi connectivity index (χ3v) is 3.67. The Labute approximate surface area is 81.8 Å². The molecule has 1 aromatic rings. The van der Waals surface area contributed by atoms with Crippen LogP contribution in [0.1, 0.15) is 40.6 Å². The molecular weight excluding hydrogens is 182 g/mol. The van der Waals surface area contributed by atoms with Crippen molar-refractivity contribution in [3.63, 3.8) is 0 Å². The van der Waals surface area contributed by atoms with Crippen molar-refractivity contribution in [3.8, 4) is 0 Å². The van der Waals surface area contributed by atoms with E-state index in [0.29, 0.717) is 6.42 Å². The van der Waals surface area contributed by atoms with Crippen LogP contribution in [-0.4, -0.2) is 5.78 Å². The lowest BCUT2D eigenvalue weighted by molar-refractivity contribution is 0.0988. The van der Waals surface area contributed by atoms with E-state index in [1.54, 1.807) is 11.3 Å². The molecule has 2 rings (SSSR count). The Morgan fingerprint density at radius 3 is 3.00 bits per heavy atom. The Balaban J connectivity index is 2.50. The van der Waals surface area contributed by atoms with Gasteiger partial charge < -0.3 is 5.73 Å². The summed E-state index contributed by atoms with van der Waals surface area (Å²) in [5.41, 5.74) is 7.90. The molecule has 0 saturated heterocycles. The largest absolute Gasteiger partial charge is 0.390 e. The van der Waals surface area contributed by atoms with Crippen molar-refractivity contribution in [2.75, 3.05) is 5.73 Å². The summed E-state index contributed by atoms with van der Waals surface area (Å²) in [7, 11) is 0. The summed E-state index contributed by atoms with van der Waals surface area (Å²) in [6, 6.07) is 0. The molecule has 0 aromatic carbocycles. The Hall–Kier alpha value is -0.830. The number of ketones is 1. The molecule has 70 valence electrons. The Morgan fingerprint density at radius 1 is 1.54 bits per heavy atom. The first-order valence-electron chi connectivity index (χ1n) is 4.67. The van der Waals surface area contributed by atoms with Crippen LogP contribution in [-0.2, 0) is 12.8 Å². The van der Waals surface area contributed by atoms with E-state index in [1.807, 2.05) is 6.92 Å². The maximum Gasteiger partial charge on any atom is 0.165 e. The zero-order chi connectivity index (χ0) is 9.42. The summed E-state index contributed by atoms with van der Waals surface area (Å²) < 4.78 is 0. The SMILES string of the molecule is CCC(=O)c1c(N)sc2c1CCC2. The second-order valence-corrected chi connectivity index (χ2v) is 4.51. The number of rotatable bonds is 2. The third kappa shape index (κ3) is 1.27. The fourth-order valence-electron chi connectivity index (χ4n) is 1.91. The molecule has 0 bridgehead atoms. The summed E-state index contributed by atoms with van der Waals surface area (Å²) in [6.45, 7) is 1.89. The first kappa shape index (κ1) is 8.75. The fraction of sp³-hybridized carbons (Fsp3) is 0.500. The molecule has 13 heavy (non-hydrogen) atoms. The first-order valence-corrected chi connectivity index (χ1v) is 5.49. The zero-order valence-electron chi connectivity index (χ0n) is 7.72. The van der Waals surface area contributed by atoms with Crippen molar-refractivity contribution in [2.24, 2.45) is 0 Å². The molecular formula is C10H13NOS. The van der Waals surface area contributed by atoms with Crippen molar-refractivity contribution in [2.45, 2.75) is 32.6 Å². The quantitative estimate of drug-likeness (QED) is 0.736. The second-order valence-electron chi connectivity index (χ2n) is 3.37. The molecule has 0 unspecified atom stereocenters. The Bertz CT molecular complexity index is 354. The van der Waals surface area contributed by atoms with Gasteiger partial charge in [-0.3, -0.25) is 4.79 Å². The highest BCUT2D eigenvalue weighted by Gasteiger charge is 2.23. The van der Waals surface area contributed by atoms with Crippen LogP contribution in [0.5, 0.6) is 0 Å². The highest BCUT2D eigenvalue weighted by molar-refractivity contribution is 7.16. The number of carbonyl (C=O) groups excluding carboxylic acids is 1. The van der Waals surface area contributed by atoms with Gasteiger partial charge in [0, 0.05) is 11.3 Å². The highest BCUT2D eigenvalue weighted by Crippen LogP contribution is 2.37. The van der Waals surface area contributed by atoms with E-state index in [-0.39, 0.29) is 5.78 Å². The minimum Gasteiger partial charge on any atom is -0.390 e. The molecule has 3 heteroatoms. The van der Waals surface area contributed by atoms with Crippen molar-refractivity contribution in [1.82, 2.24) is 0 Å². The van der Waals surface area contributed by atoms with Crippen molar-refractivity contribution < 1.29 is 4.79 Å². The van der Waals surface area contributed by atoms with Crippen LogP contribution < -0.4 is 5.73 Å². The molecule has 0 aliphatic heterocycles. The van der Waals surface area contributed by atoms with Crippen molar-refractivity contribution in [1.29, 1.82) is 0 Å². The van der Waals surface area contributed by atoms with Crippen LogP contribution in [0.3, 0.4) is 0 Å². The molecule has 0 atom stereocenters. The van der Waals surface area contributed by atoms with Gasteiger partial charge in [0.15, 0.2) is 5.78 Å². The topological polar surface area (TPSA) is 43.1 Å². The van der Waals surface area contributed by atoms with E-state index in [9.17, 15) is 4.79 Å². The number of carbonyl (C=O) groups is 1. The van der Waals surface area contributed by atoms with Crippen molar-refractivity contribution >= 4 is 22.1 Å². The molecule has 0 fully saturated rings. The number of Topliss-reactive ketones (excluding diaryl/α,β-unsaturated/α-hetero) is 1. The van der Waals surface area contributed by atoms with Gasteiger partial charge in [-0.15, -0.1) is 11.3 Å². The van der Waals surface area contributed by atoms with Crippen molar-refractivity contribution in [3.05, 3.63) is 16.0 Å². The molecule has 0 saturated carbocycles. The van der Waals surface area contributed by atoms with Gasteiger partial charge in [0.25, 0.3) is 0 Å². The maximum absolute atomic E-state index is 11.6. The molecule has 0 radical (unpaired) electrons. The van der Waals surface area contributed by atoms with Gasteiger partial charge in [-0.2, -0.15) is 0 Å². The number of aryl methyl sites for hydroxylation is 1. The summed E-state index contributed by atoms with van der Waals surface area (Å²) >= 11 is 1.60. The van der Waals surface area contributed by atoms with Crippen LogP contribution in [0.15, 0.2) is 0 Å². The highest BCUT2D eigenvalue weighted by atomic mass is 32.1. The average molecular weight is 195 g/mol. The number of hydrogen-bond acceptors (Lipinski definition) is 3. The summed E-state index contributed by atoms with van der Waals surface area (Å²) in [6.07, 6.45) is 3.91. The van der Waals surface area contributed by atoms with Crippen LogP contribution in [0.2, 0.25) is 0 Å². The van der Waals surface area contributed by atoms with Crippen LogP contribution >= 0.6 is 11.3 Å². The van der Waals surface area contributed by atoms with Gasteiger partial charge >= 0.3 is 0 Å². The van der Waals surface area contributed by atoms with E-state index in [4.69, 9.17) is 5.73 Å². The van der Waals surface area contributed by atoms with Crippen LogP contribution in [0.4, 0.5) is 5.00 Å². The number of anilines is 1.